The smallest absolute Gasteiger partial charge is 0.255 e. The zero-order valence-electron chi connectivity index (χ0n) is 18.3. The Bertz CT molecular complexity index is 1030. The van der Waals surface area contributed by atoms with Crippen molar-refractivity contribution in [3.05, 3.63) is 59.4 Å². The summed E-state index contributed by atoms with van der Waals surface area (Å²) in [5.74, 6) is 1.03. The molecule has 2 heterocycles. The monoisotopic (exact) mass is 404 g/mol. The number of carbonyl (C=O) groups is 1. The first-order valence-electron chi connectivity index (χ1n) is 11.1. The molecule has 1 amide bonds. The first-order valence-corrected chi connectivity index (χ1v) is 11.1. The number of fused-ring (bicyclic) bond motifs is 1. The van der Waals surface area contributed by atoms with Crippen LogP contribution in [-0.4, -0.2) is 33.4 Å². The van der Waals surface area contributed by atoms with Crippen molar-refractivity contribution in [2.75, 3.05) is 18.4 Å². The Hall–Kier alpha value is -2.66. The standard InChI is InChI=1S/C25H32N4O/c1-18(2)29-23-13-12-20(26-25(30)21-11-7-6-10-19(21)3)16-22(23)27-24(29)17-28-14-8-4-5-9-15-28/h6-7,10-13,16,18H,4-5,8-9,14-15,17H2,1-3H3,(H,26,30). The number of amides is 1. The lowest BCUT2D eigenvalue weighted by atomic mass is 10.1. The largest absolute Gasteiger partial charge is 0.324 e. The second kappa shape index (κ2) is 9.00. The molecule has 0 radical (unpaired) electrons. The lowest BCUT2D eigenvalue weighted by Crippen LogP contribution is -2.26. The van der Waals surface area contributed by atoms with E-state index in [0.29, 0.717) is 11.6 Å². The third kappa shape index (κ3) is 4.41. The quantitative estimate of drug-likeness (QED) is 0.606. The Morgan fingerprint density at radius 1 is 1.07 bits per heavy atom. The van der Waals surface area contributed by atoms with Gasteiger partial charge < -0.3 is 9.88 Å². The first kappa shape index (κ1) is 20.6. The van der Waals surface area contributed by atoms with E-state index in [1.54, 1.807) is 0 Å². The maximum absolute atomic E-state index is 12.7. The molecule has 158 valence electrons. The van der Waals surface area contributed by atoms with Gasteiger partial charge in [0.15, 0.2) is 0 Å². The molecule has 0 spiro atoms. The Balaban J connectivity index is 1.60. The normalized spacial score (nSPS) is 15.5. The number of imidazole rings is 1. The molecule has 4 rings (SSSR count). The Kier molecular flexibility index (Phi) is 6.18. The third-order valence-corrected chi connectivity index (χ3v) is 5.99. The van der Waals surface area contributed by atoms with Crippen LogP contribution in [0.2, 0.25) is 0 Å². The minimum atomic E-state index is -0.0828. The average Bonchev–Trinajstić information content (AvgIpc) is 2.87. The highest BCUT2D eigenvalue weighted by Crippen LogP contribution is 2.26. The molecule has 1 fully saturated rings. The molecule has 0 bridgehead atoms. The van der Waals surface area contributed by atoms with E-state index >= 15 is 0 Å². The van der Waals surface area contributed by atoms with Gasteiger partial charge in [-0.15, -0.1) is 0 Å². The van der Waals surface area contributed by atoms with Crippen molar-refractivity contribution < 1.29 is 4.79 Å². The molecule has 5 nitrogen and oxygen atoms in total. The van der Waals surface area contributed by atoms with Crippen LogP contribution in [0.3, 0.4) is 0 Å². The summed E-state index contributed by atoms with van der Waals surface area (Å²) in [6.45, 7) is 9.56. The highest BCUT2D eigenvalue weighted by atomic mass is 16.1. The molecule has 1 aliphatic heterocycles. The molecule has 1 saturated heterocycles. The van der Waals surface area contributed by atoms with Crippen LogP contribution in [0.5, 0.6) is 0 Å². The van der Waals surface area contributed by atoms with Crippen LogP contribution in [0.15, 0.2) is 42.5 Å². The summed E-state index contributed by atoms with van der Waals surface area (Å²) in [5, 5.41) is 3.04. The van der Waals surface area contributed by atoms with Gasteiger partial charge in [-0.2, -0.15) is 0 Å². The molecule has 0 unspecified atom stereocenters. The van der Waals surface area contributed by atoms with Crippen LogP contribution in [0.1, 0.15) is 67.3 Å². The van der Waals surface area contributed by atoms with Crippen LogP contribution in [0.4, 0.5) is 5.69 Å². The van der Waals surface area contributed by atoms with E-state index in [1.807, 2.05) is 43.3 Å². The van der Waals surface area contributed by atoms with Gasteiger partial charge in [-0.1, -0.05) is 31.0 Å². The minimum Gasteiger partial charge on any atom is -0.324 e. The van der Waals surface area contributed by atoms with Crippen LogP contribution >= 0.6 is 0 Å². The molecule has 1 N–H and O–H groups in total. The van der Waals surface area contributed by atoms with Gasteiger partial charge >= 0.3 is 0 Å². The van der Waals surface area contributed by atoms with E-state index < -0.39 is 0 Å². The number of likely N-dealkylation sites (tertiary alicyclic amines) is 1. The fraction of sp³-hybridized carbons (Fsp3) is 0.440. The molecule has 0 saturated carbocycles. The predicted octanol–water partition coefficient (Wildman–Crippen LogP) is 5.55. The SMILES string of the molecule is Cc1ccccc1C(=O)Nc1ccc2c(c1)nc(CN1CCCCCC1)n2C(C)C. The van der Waals surface area contributed by atoms with Crippen molar-refractivity contribution in [3.63, 3.8) is 0 Å². The predicted molar refractivity (Wildman–Crippen MR) is 123 cm³/mol. The van der Waals surface area contributed by atoms with E-state index in [-0.39, 0.29) is 5.91 Å². The highest BCUT2D eigenvalue weighted by Gasteiger charge is 2.18. The molecule has 30 heavy (non-hydrogen) atoms. The molecule has 1 aliphatic rings. The summed E-state index contributed by atoms with van der Waals surface area (Å²) in [6.07, 6.45) is 5.22. The number of carbonyl (C=O) groups excluding carboxylic acids is 1. The minimum absolute atomic E-state index is 0.0828. The highest BCUT2D eigenvalue weighted by molar-refractivity contribution is 6.05. The van der Waals surface area contributed by atoms with Gasteiger partial charge in [0.1, 0.15) is 5.82 Å². The van der Waals surface area contributed by atoms with Crippen molar-refractivity contribution >= 4 is 22.6 Å². The number of nitrogens with one attached hydrogen (secondary N) is 1. The van der Waals surface area contributed by atoms with Gasteiger partial charge in [-0.05, 0) is 76.5 Å². The average molecular weight is 405 g/mol. The zero-order chi connectivity index (χ0) is 21.1. The van der Waals surface area contributed by atoms with E-state index in [0.717, 1.165) is 47.7 Å². The van der Waals surface area contributed by atoms with Crippen molar-refractivity contribution in [2.24, 2.45) is 0 Å². The van der Waals surface area contributed by atoms with E-state index in [1.165, 1.54) is 25.7 Å². The summed E-state index contributed by atoms with van der Waals surface area (Å²) < 4.78 is 2.34. The van der Waals surface area contributed by atoms with Gasteiger partial charge in [-0.3, -0.25) is 9.69 Å². The molecule has 1 aromatic heterocycles. The zero-order valence-corrected chi connectivity index (χ0v) is 18.3. The molecular weight excluding hydrogens is 372 g/mol. The number of aromatic nitrogens is 2. The summed E-state index contributed by atoms with van der Waals surface area (Å²) in [4.78, 5) is 20.2. The Morgan fingerprint density at radius 3 is 2.50 bits per heavy atom. The number of rotatable bonds is 5. The number of hydrogen-bond acceptors (Lipinski definition) is 3. The Morgan fingerprint density at radius 2 is 1.80 bits per heavy atom. The van der Waals surface area contributed by atoms with Gasteiger partial charge in [0.05, 0.1) is 17.6 Å². The topological polar surface area (TPSA) is 50.2 Å². The molecule has 3 aromatic rings. The summed E-state index contributed by atoms with van der Waals surface area (Å²) in [7, 11) is 0. The van der Waals surface area contributed by atoms with Gasteiger partial charge in [-0.25, -0.2) is 4.98 Å². The molecule has 5 heteroatoms. The molecule has 0 aliphatic carbocycles. The van der Waals surface area contributed by atoms with Crippen molar-refractivity contribution in [1.82, 2.24) is 14.5 Å². The summed E-state index contributed by atoms with van der Waals surface area (Å²) >= 11 is 0. The van der Waals surface area contributed by atoms with Crippen molar-refractivity contribution in [3.8, 4) is 0 Å². The summed E-state index contributed by atoms with van der Waals surface area (Å²) in [5.41, 5.74) is 4.53. The van der Waals surface area contributed by atoms with Gasteiger partial charge in [0, 0.05) is 17.3 Å². The number of nitrogens with zero attached hydrogens (tertiary/aromatic N) is 3. The molecular formula is C25H32N4O. The van der Waals surface area contributed by atoms with Crippen LogP contribution in [0.25, 0.3) is 11.0 Å². The maximum Gasteiger partial charge on any atom is 0.255 e. The maximum atomic E-state index is 12.7. The Labute approximate surface area is 179 Å². The fourth-order valence-corrected chi connectivity index (χ4v) is 4.43. The summed E-state index contributed by atoms with van der Waals surface area (Å²) in [6, 6.07) is 14.1. The van der Waals surface area contributed by atoms with Crippen LogP contribution in [-0.2, 0) is 6.54 Å². The third-order valence-electron chi connectivity index (χ3n) is 5.99. The van der Waals surface area contributed by atoms with Gasteiger partial charge in [0.2, 0.25) is 0 Å². The lowest BCUT2D eigenvalue weighted by Gasteiger charge is -2.21. The number of anilines is 1. The second-order valence-electron chi connectivity index (χ2n) is 8.65. The number of aryl methyl sites for hydroxylation is 1. The van der Waals surface area contributed by atoms with Crippen molar-refractivity contribution in [1.29, 1.82) is 0 Å². The van der Waals surface area contributed by atoms with E-state index in [9.17, 15) is 4.79 Å². The first-order chi connectivity index (χ1) is 14.5. The molecule has 2 aromatic carbocycles. The van der Waals surface area contributed by atoms with Gasteiger partial charge in [0.25, 0.3) is 5.91 Å². The van der Waals surface area contributed by atoms with Crippen LogP contribution < -0.4 is 5.32 Å². The fourth-order valence-electron chi connectivity index (χ4n) is 4.43. The second-order valence-corrected chi connectivity index (χ2v) is 8.65. The van der Waals surface area contributed by atoms with Crippen LogP contribution in [0, 0.1) is 6.92 Å². The number of hydrogen-bond donors (Lipinski definition) is 1. The van der Waals surface area contributed by atoms with E-state index in [2.05, 4.69) is 34.7 Å². The number of benzene rings is 2. The van der Waals surface area contributed by atoms with E-state index in [4.69, 9.17) is 4.98 Å². The molecule has 0 atom stereocenters. The van der Waals surface area contributed by atoms with Crippen molar-refractivity contribution in [2.45, 2.75) is 59.0 Å². The lowest BCUT2D eigenvalue weighted by molar-refractivity contribution is 0.102.